The molecule has 0 spiro atoms. The van der Waals surface area contributed by atoms with Gasteiger partial charge >= 0.3 is 11.9 Å². The Labute approximate surface area is 225 Å². The van der Waals surface area contributed by atoms with Crippen molar-refractivity contribution in [2.24, 2.45) is 10.2 Å². The van der Waals surface area contributed by atoms with E-state index in [0.29, 0.717) is 40.8 Å². The Morgan fingerprint density at radius 2 is 1.56 bits per heavy atom. The normalized spacial score (nSPS) is 13.3. The highest BCUT2D eigenvalue weighted by molar-refractivity contribution is 6.09. The van der Waals surface area contributed by atoms with Crippen LogP contribution in [0.5, 0.6) is 11.5 Å². The molecule has 0 saturated heterocycles. The van der Waals surface area contributed by atoms with Crippen LogP contribution in [0, 0.1) is 0 Å². The molecule has 3 aromatic carbocycles. The van der Waals surface area contributed by atoms with Gasteiger partial charge in [0, 0.05) is 24.3 Å². The molecule has 1 heterocycles. The SMILES string of the molecule is CCNC(=O)N(C1=C(C(CCOc2ccc(N)cc2N)Oc2ccc(N)cc2N)N=NC1=O)c1ccccc1. The Kier molecular flexibility index (Phi) is 8.15. The summed E-state index contributed by atoms with van der Waals surface area (Å²) in [4.78, 5) is 27.5. The van der Waals surface area contributed by atoms with Crippen molar-refractivity contribution in [3.8, 4) is 11.5 Å². The fourth-order valence-electron chi connectivity index (χ4n) is 3.94. The lowest BCUT2D eigenvalue weighted by Gasteiger charge is -2.26. The standard InChI is InChI=1S/C27H30N8O4/c1-2-32-27(37)35(18-6-4-3-5-7-18)25-24(33-34-26(25)36)23(39-22-11-9-17(29)15-20(22)31)12-13-38-21-10-8-16(28)14-19(21)30/h3-11,14-15,23H,2,12-13,28-31H2,1H3,(H,32,37). The Hall–Kier alpha value is -5.26. The largest absolute Gasteiger partial charge is 0.491 e. The number of ether oxygens (including phenoxy) is 2. The maximum Gasteiger partial charge on any atom is 0.326 e. The van der Waals surface area contributed by atoms with Crippen LogP contribution in [0.1, 0.15) is 13.3 Å². The smallest absolute Gasteiger partial charge is 0.326 e. The van der Waals surface area contributed by atoms with Gasteiger partial charge in [0.25, 0.3) is 0 Å². The predicted molar refractivity (Wildman–Crippen MR) is 150 cm³/mol. The number of anilines is 5. The number of hydrogen-bond acceptors (Lipinski definition) is 9. The van der Waals surface area contributed by atoms with Gasteiger partial charge in [-0.2, -0.15) is 0 Å². The number of benzene rings is 3. The minimum Gasteiger partial charge on any atom is -0.491 e. The average molecular weight is 531 g/mol. The van der Waals surface area contributed by atoms with Gasteiger partial charge in [-0.1, -0.05) is 18.2 Å². The molecule has 4 rings (SSSR count). The number of amides is 3. The number of nitrogen functional groups attached to an aromatic ring is 4. The van der Waals surface area contributed by atoms with Crippen LogP contribution in [0.2, 0.25) is 0 Å². The predicted octanol–water partition coefficient (Wildman–Crippen LogP) is 3.67. The van der Waals surface area contributed by atoms with Gasteiger partial charge in [0.1, 0.15) is 29.0 Å². The highest BCUT2D eigenvalue weighted by Gasteiger charge is 2.36. The second kappa shape index (κ2) is 11.9. The Morgan fingerprint density at radius 1 is 0.923 bits per heavy atom. The number of para-hydroxylation sites is 1. The van der Waals surface area contributed by atoms with Crippen LogP contribution in [0.15, 0.2) is 88.4 Å². The zero-order valence-corrected chi connectivity index (χ0v) is 21.3. The van der Waals surface area contributed by atoms with E-state index in [9.17, 15) is 9.59 Å². The van der Waals surface area contributed by atoms with Crippen molar-refractivity contribution in [1.82, 2.24) is 5.32 Å². The molecule has 9 N–H and O–H groups in total. The molecular formula is C27H30N8O4. The molecule has 1 unspecified atom stereocenters. The Balaban J connectivity index is 1.73. The summed E-state index contributed by atoms with van der Waals surface area (Å²) in [5.74, 6) is 0.0519. The summed E-state index contributed by atoms with van der Waals surface area (Å²) in [6, 6.07) is 17.9. The summed E-state index contributed by atoms with van der Waals surface area (Å²) >= 11 is 0. The van der Waals surface area contributed by atoms with Crippen LogP contribution in [-0.2, 0) is 4.79 Å². The second-order valence-corrected chi connectivity index (χ2v) is 8.58. The highest BCUT2D eigenvalue weighted by atomic mass is 16.5. The van der Waals surface area contributed by atoms with E-state index < -0.39 is 18.0 Å². The van der Waals surface area contributed by atoms with Crippen LogP contribution in [0.4, 0.5) is 33.2 Å². The first kappa shape index (κ1) is 26.8. The van der Waals surface area contributed by atoms with Gasteiger partial charge < -0.3 is 37.7 Å². The van der Waals surface area contributed by atoms with Crippen molar-refractivity contribution in [2.75, 3.05) is 41.0 Å². The fourth-order valence-corrected chi connectivity index (χ4v) is 3.94. The van der Waals surface area contributed by atoms with E-state index in [4.69, 9.17) is 32.4 Å². The molecule has 202 valence electrons. The minimum atomic E-state index is -0.892. The quantitative estimate of drug-likeness (QED) is 0.245. The van der Waals surface area contributed by atoms with Gasteiger partial charge in [-0.15, -0.1) is 10.2 Å². The number of carbonyl (C=O) groups is 2. The first-order valence-electron chi connectivity index (χ1n) is 12.2. The third-order valence-corrected chi connectivity index (χ3v) is 5.74. The van der Waals surface area contributed by atoms with Crippen molar-refractivity contribution in [2.45, 2.75) is 19.4 Å². The van der Waals surface area contributed by atoms with E-state index in [-0.39, 0.29) is 30.1 Å². The highest BCUT2D eigenvalue weighted by Crippen LogP contribution is 2.34. The van der Waals surface area contributed by atoms with Crippen LogP contribution >= 0.6 is 0 Å². The van der Waals surface area contributed by atoms with Crippen molar-refractivity contribution >= 4 is 40.4 Å². The van der Waals surface area contributed by atoms with Gasteiger partial charge in [0.05, 0.1) is 23.7 Å². The molecule has 12 heteroatoms. The second-order valence-electron chi connectivity index (χ2n) is 8.58. The number of urea groups is 1. The van der Waals surface area contributed by atoms with E-state index in [1.54, 1.807) is 73.7 Å². The first-order chi connectivity index (χ1) is 18.8. The molecule has 1 aliphatic rings. The molecule has 0 aromatic heterocycles. The summed E-state index contributed by atoms with van der Waals surface area (Å²) in [5.41, 5.74) is 26.0. The van der Waals surface area contributed by atoms with Gasteiger partial charge in [0.2, 0.25) is 0 Å². The number of carbonyl (C=O) groups excluding carboxylic acids is 2. The molecule has 0 aliphatic carbocycles. The van der Waals surface area contributed by atoms with E-state index in [2.05, 4.69) is 15.5 Å². The van der Waals surface area contributed by atoms with Crippen LogP contribution < -0.4 is 42.6 Å². The molecule has 0 saturated carbocycles. The molecule has 3 aromatic rings. The molecule has 12 nitrogen and oxygen atoms in total. The number of nitrogens with two attached hydrogens (primary N) is 4. The summed E-state index contributed by atoms with van der Waals surface area (Å²) < 4.78 is 12.1. The third kappa shape index (κ3) is 6.18. The third-order valence-electron chi connectivity index (χ3n) is 5.74. The number of azo groups is 1. The topological polar surface area (TPSA) is 197 Å². The van der Waals surface area contributed by atoms with E-state index in [1.807, 2.05) is 0 Å². The van der Waals surface area contributed by atoms with Gasteiger partial charge in [-0.25, -0.2) is 4.79 Å². The number of rotatable bonds is 10. The molecule has 3 amide bonds. The summed E-state index contributed by atoms with van der Waals surface area (Å²) in [6.45, 7) is 2.23. The summed E-state index contributed by atoms with van der Waals surface area (Å²) in [7, 11) is 0. The number of nitrogens with zero attached hydrogens (tertiary/aromatic N) is 3. The lowest BCUT2D eigenvalue weighted by molar-refractivity contribution is -0.114. The summed E-state index contributed by atoms with van der Waals surface area (Å²) in [6.07, 6.45) is -0.701. The van der Waals surface area contributed by atoms with Gasteiger partial charge in [-0.05, 0) is 55.5 Å². The summed E-state index contributed by atoms with van der Waals surface area (Å²) in [5, 5.41) is 10.6. The first-order valence-corrected chi connectivity index (χ1v) is 12.2. The minimum absolute atomic E-state index is 0.0434. The van der Waals surface area contributed by atoms with E-state index in [0.717, 1.165) is 0 Å². The molecule has 0 bridgehead atoms. The van der Waals surface area contributed by atoms with Gasteiger partial charge in [-0.3, -0.25) is 9.69 Å². The lowest BCUT2D eigenvalue weighted by Crippen LogP contribution is -2.42. The molecule has 0 radical (unpaired) electrons. The number of hydrogen-bond donors (Lipinski definition) is 5. The zero-order chi connectivity index (χ0) is 27.9. The molecular weight excluding hydrogens is 500 g/mol. The maximum atomic E-state index is 13.2. The van der Waals surface area contributed by atoms with Gasteiger partial charge in [0.15, 0.2) is 0 Å². The maximum absolute atomic E-state index is 13.2. The monoisotopic (exact) mass is 530 g/mol. The molecule has 39 heavy (non-hydrogen) atoms. The van der Waals surface area contributed by atoms with Crippen molar-refractivity contribution < 1.29 is 19.1 Å². The fraction of sp³-hybridized carbons (Fsp3) is 0.185. The lowest BCUT2D eigenvalue weighted by atomic mass is 10.1. The molecule has 1 aliphatic heterocycles. The average Bonchev–Trinajstić information content (AvgIpc) is 3.27. The van der Waals surface area contributed by atoms with E-state index >= 15 is 0 Å². The van der Waals surface area contributed by atoms with Crippen LogP contribution in [-0.4, -0.2) is 31.2 Å². The zero-order valence-electron chi connectivity index (χ0n) is 21.3. The Morgan fingerprint density at radius 3 is 2.18 bits per heavy atom. The number of nitrogens with one attached hydrogen (secondary N) is 1. The van der Waals surface area contributed by atoms with Crippen LogP contribution in [0.3, 0.4) is 0 Å². The van der Waals surface area contributed by atoms with Crippen molar-refractivity contribution in [1.29, 1.82) is 0 Å². The van der Waals surface area contributed by atoms with Crippen molar-refractivity contribution in [3.05, 3.63) is 78.1 Å². The van der Waals surface area contributed by atoms with E-state index in [1.165, 1.54) is 4.90 Å². The van der Waals surface area contributed by atoms with Crippen LogP contribution in [0.25, 0.3) is 0 Å². The Bertz CT molecular complexity index is 1420. The molecule has 0 fully saturated rings. The van der Waals surface area contributed by atoms with Crippen molar-refractivity contribution in [3.63, 3.8) is 0 Å². The molecule has 1 atom stereocenters.